The smallest absolute Gasteiger partial charge is 0.322 e. The van der Waals surface area contributed by atoms with Crippen molar-refractivity contribution in [2.45, 2.75) is 46.8 Å². The van der Waals surface area contributed by atoms with Crippen LogP contribution in [-0.4, -0.2) is 39.7 Å². The third-order valence-electron chi connectivity index (χ3n) is 3.42. The van der Waals surface area contributed by atoms with Gasteiger partial charge in [-0.3, -0.25) is 10.1 Å². The van der Waals surface area contributed by atoms with Gasteiger partial charge in [0, 0.05) is 18.7 Å². The molecule has 0 heterocycles. The van der Waals surface area contributed by atoms with E-state index in [-0.39, 0.29) is 24.3 Å². The Morgan fingerprint density at radius 2 is 1.95 bits per heavy atom. The number of aryl methyl sites for hydroxylation is 1. The number of aliphatic hydroxyl groups excluding tert-OH is 1. The monoisotopic (exact) mass is 309 g/mol. The lowest BCUT2D eigenvalue weighted by Crippen LogP contribution is -2.44. The summed E-state index contributed by atoms with van der Waals surface area (Å²) in [6.07, 6.45) is -0.652. The van der Waals surface area contributed by atoms with Gasteiger partial charge in [0.05, 0.1) is 22.3 Å². The van der Waals surface area contributed by atoms with Crippen LogP contribution in [0.25, 0.3) is 0 Å². The van der Waals surface area contributed by atoms with Crippen LogP contribution in [0, 0.1) is 24.0 Å². The molecule has 7 heteroatoms. The second kappa shape index (κ2) is 7.22. The van der Waals surface area contributed by atoms with E-state index in [1.54, 1.807) is 26.8 Å². The molecular formula is C15H23N3O4. The number of nitro benzene ring substituents is 1. The Bertz CT molecular complexity index is 570. The van der Waals surface area contributed by atoms with Crippen molar-refractivity contribution in [1.82, 2.24) is 4.90 Å². The van der Waals surface area contributed by atoms with Gasteiger partial charge in [0.1, 0.15) is 0 Å². The normalized spacial score (nSPS) is 12.1. The predicted octanol–water partition coefficient (Wildman–Crippen LogP) is 2.83. The van der Waals surface area contributed by atoms with Crippen molar-refractivity contribution < 1.29 is 14.8 Å². The second-order valence-corrected chi connectivity index (χ2v) is 5.68. The molecule has 1 rings (SSSR count). The summed E-state index contributed by atoms with van der Waals surface area (Å²) in [7, 11) is 0. The average molecular weight is 309 g/mol. The first-order valence-electron chi connectivity index (χ1n) is 7.15. The number of anilines is 1. The topological polar surface area (TPSA) is 95.7 Å². The summed E-state index contributed by atoms with van der Waals surface area (Å²) < 4.78 is 0. The lowest BCUT2D eigenvalue weighted by molar-refractivity contribution is -0.385. The third kappa shape index (κ3) is 4.17. The second-order valence-electron chi connectivity index (χ2n) is 5.68. The Morgan fingerprint density at radius 1 is 1.36 bits per heavy atom. The van der Waals surface area contributed by atoms with E-state index in [1.165, 1.54) is 11.0 Å². The van der Waals surface area contributed by atoms with Gasteiger partial charge >= 0.3 is 6.03 Å². The minimum absolute atomic E-state index is 0.0347. The number of aliphatic hydroxyl groups is 1. The molecule has 0 aliphatic rings. The quantitative estimate of drug-likeness (QED) is 0.645. The third-order valence-corrected chi connectivity index (χ3v) is 3.42. The molecule has 1 unspecified atom stereocenters. The van der Waals surface area contributed by atoms with Gasteiger partial charge in [0.15, 0.2) is 0 Å². The van der Waals surface area contributed by atoms with Crippen LogP contribution < -0.4 is 5.32 Å². The van der Waals surface area contributed by atoms with E-state index in [9.17, 15) is 20.0 Å². The number of amides is 2. The minimum Gasteiger partial charge on any atom is -0.392 e. The fraction of sp³-hybridized carbons (Fsp3) is 0.533. The number of hydrogen-bond acceptors (Lipinski definition) is 4. The predicted molar refractivity (Wildman–Crippen MR) is 85.1 cm³/mol. The molecule has 0 saturated carbocycles. The molecule has 1 aromatic carbocycles. The van der Waals surface area contributed by atoms with E-state index >= 15 is 0 Å². The molecular weight excluding hydrogens is 286 g/mol. The maximum Gasteiger partial charge on any atom is 0.322 e. The first kappa shape index (κ1) is 17.9. The van der Waals surface area contributed by atoms with E-state index in [0.717, 1.165) is 5.56 Å². The van der Waals surface area contributed by atoms with Gasteiger partial charge in [-0.1, -0.05) is 6.07 Å². The van der Waals surface area contributed by atoms with Crippen LogP contribution in [0.1, 0.15) is 31.9 Å². The number of nitrogens with zero attached hydrogens (tertiary/aromatic N) is 2. The first-order valence-corrected chi connectivity index (χ1v) is 7.15. The maximum atomic E-state index is 12.4. The number of nitro groups is 1. The van der Waals surface area contributed by atoms with Crippen LogP contribution in [0.4, 0.5) is 16.2 Å². The van der Waals surface area contributed by atoms with Crippen LogP contribution in [0.15, 0.2) is 12.1 Å². The zero-order valence-electron chi connectivity index (χ0n) is 13.6. The fourth-order valence-electron chi connectivity index (χ4n) is 2.22. The summed E-state index contributed by atoms with van der Waals surface area (Å²) >= 11 is 0. The molecule has 122 valence electrons. The molecule has 0 radical (unpaired) electrons. The Labute approximate surface area is 130 Å². The molecule has 22 heavy (non-hydrogen) atoms. The lowest BCUT2D eigenvalue weighted by atomic mass is 10.1. The molecule has 0 fully saturated rings. The molecule has 0 bridgehead atoms. The molecule has 2 amide bonds. The summed E-state index contributed by atoms with van der Waals surface area (Å²) in [6.45, 7) is 8.86. The van der Waals surface area contributed by atoms with Crippen LogP contribution in [0.5, 0.6) is 0 Å². The van der Waals surface area contributed by atoms with E-state index in [4.69, 9.17) is 0 Å². The molecule has 0 aromatic heterocycles. The molecule has 7 nitrogen and oxygen atoms in total. The van der Waals surface area contributed by atoms with Gasteiger partial charge in [-0.2, -0.15) is 0 Å². The van der Waals surface area contributed by atoms with Crippen LogP contribution >= 0.6 is 0 Å². The molecule has 0 aliphatic heterocycles. The van der Waals surface area contributed by atoms with Gasteiger partial charge < -0.3 is 15.3 Å². The average Bonchev–Trinajstić information content (AvgIpc) is 2.39. The van der Waals surface area contributed by atoms with Crippen LogP contribution in [-0.2, 0) is 0 Å². The number of nitrogens with one attached hydrogen (secondary N) is 1. The Balaban J connectivity index is 3.10. The summed E-state index contributed by atoms with van der Waals surface area (Å²) in [5.41, 5.74) is 1.57. The van der Waals surface area contributed by atoms with Crippen molar-refractivity contribution in [2.24, 2.45) is 0 Å². The molecule has 2 N–H and O–H groups in total. The number of carbonyl (C=O) groups is 1. The number of carbonyl (C=O) groups excluding carboxylic acids is 1. The summed E-state index contributed by atoms with van der Waals surface area (Å²) in [6, 6.07) is 2.54. The van der Waals surface area contributed by atoms with Crippen molar-refractivity contribution in [3.63, 3.8) is 0 Å². The summed E-state index contributed by atoms with van der Waals surface area (Å²) in [5, 5.41) is 23.2. The van der Waals surface area contributed by atoms with Crippen LogP contribution in [0.2, 0.25) is 0 Å². The number of benzene rings is 1. The molecule has 0 spiro atoms. The van der Waals surface area contributed by atoms with Gasteiger partial charge in [0.2, 0.25) is 0 Å². The fourth-order valence-corrected chi connectivity index (χ4v) is 2.22. The Hall–Kier alpha value is -2.15. The highest BCUT2D eigenvalue weighted by atomic mass is 16.6. The van der Waals surface area contributed by atoms with Crippen molar-refractivity contribution in [3.8, 4) is 0 Å². The van der Waals surface area contributed by atoms with Gasteiger partial charge in [-0.25, -0.2) is 4.79 Å². The van der Waals surface area contributed by atoms with Gasteiger partial charge in [-0.15, -0.1) is 0 Å². The van der Waals surface area contributed by atoms with Crippen molar-refractivity contribution in [3.05, 3.63) is 33.4 Å². The van der Waals surface area contributed by atoms with Gasteiger partial charge in [-0.05, 0) is 40.2 Å². The highest BCUT2D eigenvalue weighted by molar-refractivity contribution is 5.92. The molecule has 1 aromatic rings. The Kier molecular flexibility index (Phi) is 5.87. The zero-order chi connectivity index (χ0) is 17.0. The molecule has 0 saturated heterocycles. The molecule has 0 aliphatic carbocycles. The lowest BCUT2D eigenvalue weighted by Gasteiger charge is -2.28. The maximum absolute atomic E-state index is 12.4. The van der Waals surface area contributed by atoms with Gasteiger partial charge in [0.25, 0.3) is 5.69 Å². The summed E-state index contributed by atoms with van der Waals surface area (Å²) in [5.74, 6) is 0. The van der Waals surface area contributed by atoms with E-state index in [1.807, 2.05) is 13.8 Å². The first-order chi connectivity index (χ1) is 10.1. The van der Waals surface area contributed by atoms with E-state index < -0.39 is 11.0 Å². The standard InChI is InChI=1S/C15H23N3O4/c1-9(2)17(8-11(4)19)15(20)16-14-10(3)6-7-13(12(14)5)18(21)22/h6-7,9,11,19H,8H2,1-5H3,(H,16,20). The highest BCUT2D eigenvalue weighted by Gasteiger charge is 2.22. The van der Waals surface area contributed by atoms with Crippen molar-refractivity contribution in [1.29, 1.82) is 0 Å². The van der Waals surface area contributed by atoms with Crippen LogP contribution in [0.3, 0.4) is 0 Å². The van der Waals surface area contributed by atoms with Crippen molar-refractivity contribution in [2.75, 3.05) is 11.9 Å². The number of hydrogen-bond donors (Lipinski definition) is 2. The zero-order valence-corrected chi connectivity index (χ0v) is 13.6. The summed E-state index contributed by atoms with van der Waals surface area (Å²) in [4.78, 5) is 24.4. The Morgan fingerprint density at radius 3 is 2.41 bits per heavy atom. The van der Waals surface area contributed by atoms with E-state index in [2.05, 4.69) is 5.32 Å². The largest absolute Gasteiger partial charge is 0.392 e. The van der Waals surface area contributed by atoms with Crippen molar-refractivity contribution >= 4 is 17.4 Å². The highest BCUT2D eigenvalue weighted by Crippen LogP contribution is 2.29. The molecule has 1 atom stereocenters. The minimum atomic E-state index is -0.652. The number of urea groups is 1. The van der Waals surface area contributed by atoms with E-state index in [0.29, 0.717) is 11.3 Å². The number of rotatable bonds is 5. The SMILES string of the molecule is Cc1ccc([N+](=O)[O-])c(C)c1NC(=O)N(CC(C)O)C(C)C.